The zero-order chi connectivity index (χ0) is 13.7. The van der Waals surface area contributed by atoms with Gasteiger partial charge in [-0.1, -0.05) is 0 Å². The minimum Gasteiger partial charge on any atom is -0.497 e. The van der Waals surface area contributed by atoms with Gasteiger partial charge in [-0.2, -0.15) is 0 Å². The molecule has 0 atom stereocenters. The Bertz CT molecular complexity index is 569. The van der Waals surface area contributed by atoms with E-state index in [9.17, 15) is 4.79 Å². The van der Waals surface area contributed by atoms with E-state index in [1.807, 2.05) is 25.2 Å². The molecule has 2 N–H and O–H groups in total. The molecular weight excluding hydrogens is 280 g/mol. The Kier molecular flexibility index (Phi) is 6.35. The maximum absolute atomic E-state index is 11.7. The molecule has 2 aromatic rings. The highest BCUT2D eigenvalue weighted by Crippen LogP contribution is 2.25. The minimum absolute atomic E-state index is 0. The summed E-state index contributed by atoms with van der Waals surface area (Å²) >= 11 is 0. The van der Waals surface area contributed by atoms with Crippen molar-refractivity contribution in [2.75, 3.05) is 27.2 Å². The smallest absolute Gasteiger partial charge is 0.224 e. The number of fused-ring (bicyclic) bond motifs is 1. The van der Waals surface area contributed by atoms with Crippen LogP contribution in [0.3, 0.4) is 0 Å². The number of benzene rings is 1. The standard InChI is InChI=1S/C14H18N2O3.ClH/c1-15-5-6-16-14(17)7-10-9-19-13-8-11(18-2)3-4-12(10)13;/h3-4,8-9,15H,5-7H2,1-2H3,(H,16,17);1H. The van der Waals surface area contributed by atoms with E-state index >= 15 is 0 Å². The van der Waals surface area contributed by atoms with Crippen LogP contribution in [-0.4, -0.2) is 33.2 Å². The molecule has 5 nitrogen and oxygen atoms in total. The van der Waals surface area contributed by atoms with Gasteiger partial charge in [-0.3, -0.25) is 4.79 Å². The van der Waals surface area contributed by atoms with Gasteiger partial charge in [0.15, 0.2) is 0 Å². The molecule has 1 amide bonds. The first-order valence-electron chi connectivity index (χ1n) is 6.20. The summed E-state index contributed by atoms with van der Waals surface area (Å²) in [5, 5.41) is 6.77. The van der Waals surface area contributed by atoms with Crippen LogP contribution in [0.4, 0.5) is 0 Å². The van der Waals surface area contributed by atoms with Crippen molar-refractivity contribution in [1.82, 2.24) is 10.6 Å². The van der Waals surface area contributed by atoms with Crippen LogP contribution in [0.25, 0.3) is 11.0 Å². The number of carbonyl (C=O) groups excluding carboxylic acids is 1. The number of hydrogen-bond donors (Lipinski definition) is 2. The predicted molar refractivity (Wildman–Crippen MR) is 80.7 cm³/mol. The van der Waals surface area contributed by atoms with Gasteiger partial charge in [0.05, 0.1) is 19.8 Å². The number of halogens is 1. The fourth-order valence-electron chi connectivity index (χ4n) is 1.89. The highest BCUT2D eigenvalue weighted by atomic mass is 35.5. The van der Waals surface area contributed by atoms with E-state index in [2.05, 4.69) is 10.6 Å². The second-order valence-electron chi connectivity index (χ2n) is 4.25. The van der Waals surface area contributed by atoms with Gasteiger partial charge in [0.25, 0.3) is 0 Å². The number of methoxy groups -OCH3 is 1. The lowest BCUT2D eigenvalue weighted by molar-refractivity contribution is -0.120. The molecule has 110 valence electrons. The Hall–Kier alpha value is -1.72. The number of amides is 1. The van der Waals surface area contributed by atoms with Crippen molar-refractivity contribution in [1.29, 1.82) is 0 Å². The van der Waals surface area contributed by atoms with Gasteiger partial charge in [-0.25, -0.2) is 0 Å². The largest absolute Gasteiger partial charge is 0.497 e. The van der Waals surface area contributed by atoms with Gasteiger partial charge < -0.3 is 19.8 Å². The van der Waals surface area contributed by atoms with Crippen molar-refractivity contribution in [2.24, 2.45) is 0 Å². The molecule has 1 aromatic carbocycles. The number of ether oxygens (including phenoxy) is 1. The molecule has 1 heterocycles. The fourth-order valence-corrected chi connectivity index (χ4v) is 1.89. The normalized spacial score (nSPS) is 10.1. The molecule has 20 heavy (non-hydrogen) atoms. The number of nitrogens with one attached hydrogen (secondary N) is 2. The van der Waals surface area contributed by atoms with E-state index in [-0.39, 0.29) is 18.3 Å². The van der Waals surface area contributed by atoms with Crippen molar-refractivity contribution < 1.29 is 13.9 Å². The second kappa shape index (κ2) is 7.77. The van der Waals surface area contributed by atoms with Crippen molar-refractivity contribution in [3.05, 3.63) is 30.0 Å². The van der Waals surface area contributed by atoms with E-state index in [1.54, 1.807) is 13.4 Å². The van der Waals surface area contributed by atoms with E-state index < -0.39 is 0 Å². The van der Waals surface area contributed by atoms with Gasteiger partial charge in [-0.15, -0.1) is 12.4 Å². The molecule has 0 saturated heterocycles. The molecule has 0 aliphatic rings. The molecular formula is C14H19ClN2O3. The van der Waals surface area contributed by atoms with Crippen LogP contribution in [0.1, 0.15) is 5.56 Å². The minimum atomic E-state index is -0.00577. The van der Waals surface area contributed by atoms with Crippen LogP contribution in [0.5, 0.6) is 5.75 Å². The number of hydrogen-bond acceptors (Lipinski definition) is 4. The maximum Gasteiger partial charge on any atom is 0.224 e. The van der Waals surface area contributed by atoms with Gasteiger partial charge in [0.2, 0.25) is 5.91 Å². The molecule has 0 fully saturated rings. The fraction of sp³-hybridized carbons (Fsp3) is 0.357. The van der Waals surface area contributed by atoms with Crippen molar-refractivity contribution >= 4 is 29.3 Å². The first-order valence-corrected chi connectivity index (χ1v) is 6.20. The lowest BCUT2D eigenvalue weighted by Crippen LogP contribution is -2.31. The summed E-state index contributed by atoms with van der Waals surface area (Å²) in [6.07, 6.45) is 1.95. The number of rotatable bonds is 6. The van der Waals surface area contributed by atoms with E-state index in [0.29, 0.717) is 13.0 Å². The van der Waals surface area contributed by atoms with Crippen LogP contribution < -0.4 is 15.4 Å². The quantitative estimate of drug-likeness (QED) is 0.798. The molecule has 0 aliphatic carbocycles. The number of likely N-dealkylation sites (N-methyl/N-ethyl adjacent to an activating group) is 1. The molecule has 0 aliphatic heterocycles. The third kappa shape index (κ3) is 3.88. The molecule has 0 spiro atoms. The summed E-state index contributed by atoms with van der Waals surface area (Å²) in [6.45, 7) is 1.38. The SMILES string of the molecule is CNCCNC(=O)Cc1coc2cc(OC)ccc12.Cl. The lowest BCUT2D eigenvalue weighted by atomic mass is 10.1. The Morgan fingerprint density at radius 2 is 2.15 bits per heavy atom. The van der Waals surface area contributed by atoms with E-state index in [4.69, 9.17) is 9.15 Å². The topological polar surface area (TPSA) is 63.5 Å². The van der Waals surface area contributed by atoms with Gasteiger partial charge in [0, 0.05) is 30.1 Å². The summed E-state index contributed by atoms with van der Waals surface area (Å²) < 4.78 is 10.6. The van der Waals surface area contributed by atoms with Gasteiger partial charge >= 0.3 is 0 Å². The highest BCUT2D eigenvalue weighted by molar-refractivity contribution is 5.88. The van der Waals surface area contributed by atoms with Crippen LogP contribution in [0.2, 0.25) is 0 Å². The highest BCUT2D eigenvalue weighted by Gasteiger charge is 2.10. The molecule has 0 bridgehead atoms. The van der Waals surface area contributed by atoms with Gasteiger partial charge in [0.1, 0.15) is 11.3 Å². The van der Waals surface area contributed by atoms with Crippen LogP contribution in [0, 0.1) is 0 Å². The molecule has 0 unspecified atom stereocenters. The zero-order valence-corrected chi connectivity index (χ0v) is 12.4. The Labute approximate surface area is 124 Å². The van der Waals surface area contributed by atoms with E-state index in [1.165, 1.54) is 0 Å². The third-order valence-electron chi connectivity index (χ3n) is 2.91. The van der Waals surface area contributed by atoms with E-state index in [0.717, 1.165) is 28.8 Å². The molecule has 1 aromatic heterocycles. The Morgan fingerprint density at radius 1 is 1.35 bits per heavy atom. The van der Waals surface area contributed by atoms with Crippen molar-refractivity contribution in [3.63, 3.8) is 0 Å². The predicted octanol–water partition coefficient (Wildman–Crippen LogP) is 1.74. The average Bonchev–Trinajstić information content (AvgIpc) is 2.81. The summed E-state index contributed by atoms with van der Waals surface area (Å²) in [5.74, 6) is 0.737. The molecule has 6 heteroatoms. The first kappa shape index (κ1) is 16.3. The number of carbonyl (C=O) groups is 1. The van der Waals surface area contributed by atoms with Gasteiger partial charge in [-0.05, 0) is 19.2 Å². The summed E-state index contributed by atoms with van der Waals surface area (Å²) in [5.41, 5.74) is 1.62. The first-order chi connectivity index (χ1) is 9.24. The second-order valence-corrected chi connectivity index (χ2v) is 4.25. The average molecular weight is 299 g/mol. The van der Waals surface area contributed by atoms with Crippen LogP contribution in [0.15, 0.2) is 28.9 Å². The summed E-state index contributed by atoms with van der Waals surface area (Å²) in [4.78, 5) is 11.7. The van der Waals surface area contributed by atoms with Crippen molar-refractivity contribution in [2.45, 2.75) is 6.42 Å². The molecule has 0 saturated carbocycles. The summed E-state index contributed by atoms with van der Waals surface area (Å²) in [6, 6.07) is 5.59. The van der Waals surface area contributed by atoms with Crippen LogP contribution >= 0.6 is 12.4 Å². The maximum atomic E-state index is 11.7. The Balaban J connectivity index is 0.00000200. The monoisotopic (exact) mass is 298 g/mol. The van der Waals surface area contributed by atoms with Crippen LogP contribution in [-0.2, 0) is 11.2 Å². The summed E-state index contributed by atoms with van der Waals surface area (Å²) in [7, 11) is 3.46. The lowest BCUT2D eigenvalue weighted by Gasteiger charge is -2.03. The third-order valence-corrected chi connectivity index (χ3v) is 2.91. The van der Waals surface area contributed by atoms with Crippen molar-refractivity contribution in [3.8, 4) is 5.75 Å². The molecule has 0 radical (unpaired) electrons. The Morgan fingerprint density at radius 3 is 2.85 bits per heavy atom. The molecule has 2 rings (SSSR count). The zero-order valence-electron chi connectivity index (χ0n) is 11.6. The number of furan rings is 1.